The highest BCUT2D eigenvalue weighted by molar-refractivity contribution is 6.42. The minimum atomic E-state index is -0.232. The van der Waals surface area contributed by atoms with E-state index in [0.29, 0.717) is 34.2 Å². The van der Waals surface area contributed by atoms with E-state index in [1.807, 2.05) is 30.3 Å². The Morgan fingerprint density at radius 3 is 2.71 bits per heavy atom. The van der Waals surface area contributed by atoms with Crippen LogP contribution in [-0.4, -0.2) is 32.0 Å². The molecule has 1 N–H and O–H groups in total. The van der Waals surface area contributed by atoms with Crippen LogP contribution in [0.15, 0.2) is 61.1 Å². The van der Waals surface area contributed by atoms with Gasteiger partial charge in [0.05, 0.1) is 21.9 Å². The zero-order valence-corrected chi connectivity index (χ0v) is 16.2. The number of benzene rings is 1. The van der Waals surface area contributed by atoms with E-state index in [4.69, 9.17) is 23.2 Å². The second-order valence-electron chi connectivity index (χ2n) is 6.08. The second-order valence-corrected chi connectivity index (χ2v) is 6.89. The summed E-state index contributed by atoms with van der Waals surface area (Å²) in [5.41, 5.74) is 3.38. The van der Waals surface area contributed by atoms with Crippen molar-refractivity contribution < 1.29 is 4.79 Å². The third kappa shape index (κ3) is 3.69. The standard InChI is InChI=1S/C20H15Cl2N5O/c21-16-5-4-13(11-17(16)22)18-7-10-24-19-15(12-26-27(18)19)20(28)25-9-6-14-3-1-2-8-23-14/h1-5,7-8,10-12H,6,9H2,(H,25,28). The third-order valence-corrected chi connectivity index (χ3v) is 4.99. The minimum absolute atomic E-state index is 0.232. The summed E-state index contributed by atoms with van der Waals surface area (Å²) in [5.74, 6) is -0.232. The number of nitrogens with one attached hydrogen (secondary N) is 1. The number of halogens is 2. The lowest BCUT2D eigenvalue weighted by Gasteiger charge is -2.07. The maximum Gasteiger partial charge on any atom is 0.256 e. The Hall–Kier alpha value is -2.96. The summed E-state index contributed by atoms with van der Waals surface area (Å²) in [6, 6.07) is 12.8. The van der Waals surface area contributed by atoms with Crippen molar-refractivity contribution in [3.05, 3.63) is 82.4 Å². The van der Waals surface area contributed by atoms with E-state index < -0.39 is 0 Å². The maximum absolute atomic E-state index is 12.6. The van der Waals surface area contributed by atoms with Gasteiger partial charge < -0.3 is 5.32 Å². The van der Waals surface area contributed by atoms with Gasteiger partial charge in [-0.3, -0.25) is 9.78 Å². The van der Waals surface area contributed by atoms with Gasteiger partial charge in [-0.1, -0.05) is 35.3 Å². The summed E-state index contributed by atoms with van der Waals surface area (Å²) in [4.78, 5) is 21.2. The summed E-state index contributed by atoms with van der Waals surface area (Å²) in [5, 5.41) is 8.15. The van der Waals surface area contributed by atoms with Crippen LogP contribution in [0.5, 0.6) is 0 Å². The third-order valence-electron chi connectivity index (χ3n) is 4.25. The van der Waals surface area contributed by atoms with Crippen LogP contribution < -0.4 is 5.32 Å². The van der Waals surface area contributed by atoms with Crippen LogP contribution >= 0.6 is 23.2 Å². The van der Waals surface area contributed by atoms with Gasteiger partial charge in [0, 0.05) is 36.6 Å². The molecule has 0 aliphatic rings. The number of pyridine rings is 1. The molecule has 3 aromatic heterocycles. The smallest absolute Gasteiger partial charge is 0.256 e. The molecule has 0 aliphatic heterocycles. The molecule has 0 radical (unpaired) electrons. The molecule has 0 spiro atoms. The Kier molecular flexibility index (Phi) is 5.23. The summed E-state index contributed by atoms with van der Waals surface area (Å²) in [6.07, 6.45) is 5.53. The van der Waals surface area contributed by atoms with Gasteiger partial charge in [-0.2, -0.15) is 5.10 Å². The van der Waals surface area contributed by atoms with Crippen molar-refractivity contribution >= 4 is 34.8 Å². The van der Waals surface area contributed by atoms with Crippen molar-refractivity contribution in [3.63, 3.8) is 0 Å². The Bertz CT molecular complexity index is 1140. The summed E-state index contributed by atoms with van der Waals surface area (Å²) in [6.45, 7) is 0.472. The molecule has 0 bridgehead atoms. The summed E-state index contributed by atoms with van der Waals surface area (Å²) >= 11 is 12.1. The van der Waals surface area contributed by atoms with Crippen LogP contribution in [0.3, 0.4) is 0 Å². The van der Waals surface area contributed by atoms with Gasteiger partial charge in [0.2, 0.25) is 0 Å². The predicted molar refractivity (Wildman–Crippen MR) is 109 cm³/mol. The Morgan fingerprint density at radius 1 is 1.04 bits per heavy atom. The quantitative estimate of drug-likeness (QED) is 0.537. The second kappa shape index (κ2) is 7.96. The molecule has 0 saturated carbocycles. The number of amides is 1. The van der Waals surface area contributed by atoms with Crippen molar-refractivity contribution in [3.8, 4) is 11.3 Å². The van der Waals surface area contributed by atoms with Gasteiger partial charge in [0.1, 0.15) is 5.56 Å². The molecular formula is C20H15Cl2N5O. The molecule has 1 aromatic carbocycles. The number of fused-ring (bicyclic) bond motifs is 1. The maximum atomic E-state index is 12.6. The molecule has 28 heavy (non-hydrogen) atoms. The van der Waals surface area contributed by atoms with Gasteiger partial charge in [-0.25, -0.2) is 9.50 Å². The van der Waals surface area contributed by atoms with Gasteiger partial charge in [-0.05, 0) is 30.3 Å². The van der Waals surface area contributed by atoms with Crippen molar-refractivity contribution in [2.45, 2.75) is 6.42 Å². The first-order valence-electron chi connectivity index (χ1n) is 8.60. The Labute approximate surface area is 171 Å². The predicted octanol–water partition coefficient (Wildman–Crippen LogP) is 4.07. The SMILES string of the molecule is O=C(NCCc1ccccn1)c1cnn2c(-c3ccc(Cl)c(Cl)c3)ccnc12. The number of rotatable bonds is 5. The monoisotopic (exact) mass is 411 g/mol. The first-order valence-corrected chi connectivity index (χ1v) is 9.35. The average Bonchev–Trinajstić information content (AvgIpc) is 3.15. The molecule has 1 amide bonds. The summed E-state index contributed by atoms with van der Waals surface area (Å²) < 4.78 is 1.62. The molecule has 0 saturated heterocycles. The molecular weight excluding hydrogens is 397 g/mol. The lowest BCUT2D eigenvalue weighted by Crippen LogP contribution is -2.25. The number of hydrogen-bond donors (Lipinski definition) is 1. The number of hydrogen-bond acceptors (Lipinski definition) is 4. The van der Waals surface area contributed by atoms with E-state index in [2.05, 4.69) is 20.4 Å². The van der Waals surface area contributed by atoms with Gasteiger partial charge in [-0.15, -0.1) is 0 Å². The van der Waals surface area contributed by atoms with Gasteiger partial charge in [0.15, 0.2) is 5.65 Å². The Balaban J connectivity index is 1.57. The lowest BCUT2D eigenvalue weighted by molar-refractivity contribution is 0.0955. The van der Waals surface area contributed by atoms with Gasteiger partial charge in [0.25, 0.3) is 5.91 Å². The molecule has 4 aromatic rings. The van der Waals surface area contributed by atoms with E-state index in [9.17, 15) is 4.79 Å². The number of carbonyl (C=O) groups excluding carboxylic acids is 1. The first-order chi connectivity index (χ1) is 13.6. The molecule has 0 atom stereocenters. The Morgan fingerprint density at radius 2 is 1.93 bits per heavy atom. The van der Waals surface area contributed by atoms with Crippen LogP contribution in [0.25, 0.3) is 16.9 Å². The molecule has 3 heterocycles. The molecule has 140 valence electrons. The molecule has 6 nitrogen and oxygen atoms in total. The highest BCUT2D eigenvalue weighted by atomic mass is 35.5. The van der Waals surface area contributed by atoms with Gasteiger partial charge >= 0.3 is 0 Å². The zero-order chi connectivity index (χ0) is 19.5. The zero-order valence-electron chi connectivity index (χ0n) is 14.6. The normalized spacial score (nSPS) is 10.9. The molecule has 0 fully saturated rings. The van der Waals surface area contributed by atoms with Crippen LogP contribution in [0.2, 0.25) is 10.0 Å². The van der Waals surface area contributed by atoms with Crippen LogP contribution in [-0.2, 0) is 6.42 Å². The molecule has 8 heteroatoms. The topological polar surface area (TPSA) is 72.2 Å². The fourth-order valence-corrected chi connectivity index (χ4v) is 3.17. The van der Waals surface area contributed by atoms with E-state index in [1.54, 1.807) is 29.0 Å². The van der Waals surface area contributed by atoms with E-state index in [0.717, 1.165) is 17.0 Å². The number of aromatic nitrogens is 4. The lowest BCUT2D eigenvalue weighted by atomic mass is 10.1. The minimum Gasteiger partial charge on any atom is -0.351 e. The highest BCUT2D eigenvalue weighted by Gasteiger charge is 2.16. The average molecular weight is 412 g/mol. The van der Waals surface area contributed by atoms with Crippen molar-refractivity contribution in [2.24, 2.45) is 0 Å². The van der Waals surface area contributed by atoms with Crippen LogP contribution in [0, 0.1) is 0 Å². The van der Waals surface area contributed by atoms with E-state index >= 15 is 0 Å². The molecule has 4 rings (SSSR count). The van der Waals surface area contributed by atoms with Crippen LogP contribution in [0.4, 0.5) is 0 Å². The highest BCUT2D eigenvalue weighted by Crippen LogP contribution is 2.28. The number of nitrogens with zero attached hydrogens (tertiary/aromatic N) is 4. The largest absolute Gasteiger partial charge is 0.351 e. The van der Waals surface area contributed by atoms with Crippen molar-refractivity contribution in [1.82, 2.24) is 24.9 Å². The van der Waals surface area contributed by atoms with E-state index in [1.165, 1.54) is 6.20 Å². The summed E-state index contributed by atoms with van der Waals surface area (Å²) in [7, 11) is 0. The van der Waals surface area contributed by atoms with Crippen LogP contribution in [0.1, 0.15) is 16.1 Å². The fraction of sp³-hybridized carbons (Fsp3) is 0.100. The molecule has 0 unspecified atom stereocenters. The van der Waals surface area contributed by atoms with E-state index in [-0.39, 0.29) is 5.91 Å². The van der Waals surface area contributed by atoms with Crippen molar-refractivity contribution in [2.75, 3.05) is 6.54 Å². The van der Waals surface area contributed by atoms with Crippen molar-refractivity contribution in [1.29, 1.82) is 0 Å². The molecule has 0 aliphatic carbocycles. The fourth-order valence-electron chi connectivity index (χ4n) is 2.87. The first kappa shape index (κ1) is 18.4. The number of carbonyl (C=O) groups is 1.